The topological polar surface area (TPSA) is 94.6 Å². The Morgan fingerprint density at radius 1 is 1.15 bits per heavy atom. The highest BCUT2D eigenvalue weighted by molar-refractivity contribution is 6.07. The molecular formula is C24H28FN5O3. The van der Waals surface area contributed by atoms with Crippen molar-refractivity contribution in [2.45, 2.75) is 38.8 Å². The van der Waals surface area contributed by atoms with Gasteiger partial charge in [0.1, 0.15) is 12.5 Å². The van der Waals surface area contributed by atoms with Gasteiger partial charge in [0.15, 0.2) is 5.54 Å². The zero-order valence-corrected chi connectivity index (χ0v) is 19.2. The first kappa shape index (κ1) is 22.7. The fourth-order valence-corrected chi connectivity index (χ4v) is 4.67. The highest BCUT2D eigenvalue weighted by atomic mass is 19.1. The third kappa shape index (κ3) is 3.92. The Morgan fingerprint density at radius 2 is 1.85 bits per heavy atom. The van der Waals surface area contributed by atoms with Crippen molar-refractivity contribution in [3.8, 4) is 0 Å². The Kier molecular flexibility index (Phi) is 5.59. The number of rotatable bonds is 4. The summed E-state index contributed by atoms with van der Waals surface area (Å²) in [5, 5.41) is 4.42. The first-order valence-electron chi connectivity index (χ1n) is 10.9. The van der Waals surface area contributed by atoms with Gasteiger partial charge in [0.25, 0.3) is 11.8 Å². The summed E-state index contributed by atoms with van der Waals surface area (Å²) >= 11 is 0. The van der Waals surface area contributed by atoms with E-state index < -0.39 is 29.7 Å². The van der Waals surface area contributed by atoms with Gasteiger partial charge in [-0.2, -0.15) is 0 Å². The van der Waals surface area contributed by atoms with Crippen LogP contribution in [-0.4, -0.2) is 59.6 Å². The smallest absolute Gasteiger partial charge is 0.322 e. The molecule has 0 radical (unpaired) electrons. The largest absolute Gasteiger partial charge is 0.352 e. The van der Waals surface area contributed by atoms with Crippen LogP contribution in [0.15, 0.2) is 36.5 Å². The van der Waals surface area contributed by atoms with Crippen LogP contribution in [0.5, 0.6) is 0 Å². The molecule has 1 atom stereocenters. The molecule has 0 saturated carbocycles. The number of halogens is 1. The summed E-state index contributed by atoms with van der Waals surface area (Å²) in [5.41, 5.74) is 0.719. The molecule has 2 fully saturated rings. The summed E-state index contributed by atoms with van der Waals surface area (Å²) in [4.78, 5) is 45.7. The molecule has 174 valence electrons. The van der Waals surface area contributed by atoms with Crippen molar-refractivity contribution in [2.24, 2.45) is 0 Å². The molecule has 4 amide bonds. The third-order valence-corrected chi connectivity index (χ3v) is 6.40. The van der Waals surface area contributed by atoms with Gasteiger partial charge in [-0.05, 0) is 56.5 Å². The monoisotopic (exact) mass is 453 g/mol. The molecule has 2 aliphatic heterocycles. The predicted octanol–water partition coefficient (Wildman–Crippen LogP) is 2.44. The maximum absolute atomic E-state index is 13.8. The third-order valence-electron chi connectivity index (χ3n) is 6.40. The average molecular weight is 454 g/mol. The quantitative estimate of drug-likeness (QED) is 0.694. The number of benzene rings is 1. The zero-order chi connectivity index (χ0) is 24.0. The first-order chi connectivity index (χ1) is 15.6. The summed E-state index contributed by atoms with van der Waals surface area (Å²) in [6.45, 7) is 8.81. The Morgan fingerprint density at radius 3 is 2.39 bits per heavy atom. The number of piperazine rings is 1. The van der Waals surface area contributed by atoms with Gasteiger partial charge in [-0.15, -0.1) is 0 Å². The lowest BCUT2D eigenvalue weighted by molar-refractivity contribution is -0.124. The van der Waals surface area contributed by atoms with E-state index in [9.17, 15) is 18.8 Å². The Labute approximate surface area is 192 Å². The van der Waals surface area contributed by atoms with E-state index in [1.807, 2.05) is 38.8 Å². The minimum atomic E-state index is -1.76. The van der Waals surface area contributed by atoms with Gasteiger partial charge in [-0.3, -0.25) is 14.9 Å². The molecule has 0 spiro atoms. The molecule has 3 heterocycles. The Hall–Kier alpha value is -3.49. The number of hydrogen-bond donors (Lipinski definition) is 2. The second kappa shape index (κ2) is 8.13. The van der Waals surface area contributed by atoms with Gasteiger partial charge in [0.2, 0.25) is 0 Å². The van der Waals surface area contributed by atoms with Gasteiger partial charge in [0.05, 0.1) is 5.54 Å². The molecular weight excluding hydrogens is 425 g/mol. The van der Waals surface area contributed by atoms with Crippen LogP contribution in [0.1, 0.15) is 40.9 Å². The average Bonchev–Trinajstić information content (AvgIpc) is 3.06. The minimum absolute atomic E-state index is 0.144. The van der Waals surface area contributed by atoms with E-state index in [2.05, 4.69) is 26.6 Å². The van der Waals surface area contributed by atoms with Crippen molar-refractivity contribution in [3.63, 3.8) is 0 Å². The van der Waals surface area contributed by atoms with Crippen LogP contribution in [0.3, 0.4) is 0 Å². The molecule has 4 rings (SSSR count). The lowest BCUT2D eigenvalue weighted by atomic mass is 9.90. The summed E-state index contributed by atoms with van der Waals surface area (Å²) in [6, 6.07) is 7.53. The molecule has 0 aliphatic carbocycles. The number of imide groups is 1. The lowest BCUT2D eigenvalue weighted by Crippen LogP contribution is -2.61. The van der Waals surface area contributed by atoms with Crippen molar-refractivity contribution >= 4 is 23.7 Å². The van der Waals surface area contributed by atoms with Crippen LogP contribution < -0.4 is 15.5 Å². The molecule has 1 aromatic heterocycles. The zero-order valence-electron chi connectivity index (χ0n) is 19.2. The Bertz CT molecular complexity index is 1120. The van der Waals surface area contributed by atoms with E-state index in [1.54, 1.807) is 12.1 Å². The fourth-order valence-electron chi connectivity index (χ4n) is 4.67. The van der Waals surface area contributed by atoms with Gasteiger partial charge in [-0.1, -0.05) is 18.2 Å². The predicted molar refractivity (Wildman–Crippen MR) is 122 cm³/mol. The van der Waals surface area contributed by atoms with E-state index in [0.717, 1.165) is 16.9 Å². The molecule has 1 aromatic carbocycles. The maximum atomic E-state index is 13.8. The van der Waals surface area contributed by atoms with Crippen molar-refractivity contribution in [1.82, 2.24) is 20.5 Å². The second-order valence-corrected chi connectivity index (χ2v) is 9.37. The van der Waals surface area contributed by atoms with E-state index in [0.29, 0.717) is 25.2 Å². The summed E-state index contributed by atoms with van der Waals surface area (Å²) in [7, 11) is 0. The number of amides is 4. The van der Waals surface area contributed by atoms with Gasteiger partial charge >= 0.3 is 6.03 Å². The normalized spacial score (nSPS) is 22.2. The van der Waals surface area contributed by atoms with E-state index in [1.165, 1.54) is 12.1 Å². The number of nitrogens with zero attached hydrogens (tertiary/aromatic N) is 3. The fraction of sp³-hybridized carbons (Fsp3) is 0.417. The highest BCUT2D eigenvalue weighted by Crippen LogP contribution is 2.30. The maximum Gasteiger partial charge on any atom is 0.322 e. The van der Waals surface area contributed by atoms with Crippen molar-refractivity contribution in [2.75, 3.05) is 31.2 Å². The van der Waals surface area contributed by atoms with Gasteiger partial charge < -0.3 is 15.1 Å². The molecule has 2 aliphatic rings. The minimum Gasteiger partial charge on any atom is -0.352 e. The SMILES string of the molecule is Cc1cnc(N2CCN(C(=O)c3ccc(C4(CF)NC(=O)NC4=O)cc3)C(C)(C)C2)c(C)c1. The summed E-state index contributed by atoms with van der Waals surface area (Å²) in [5.74, 6) is 0.0406. The van der Waals surface area contributed by atoms with Crippen LogP contribution >= 0.6 is 0 Å². The number of aryl methyl sites for hydroxylation is 2. The molecule has 0 bridgehead atoms. The van der Waals surface area contributed by atoms with E-state index in [-0.39, 0.29) is 11.5 Å². The van der Waals surface area contributed by atoms with Crippen molar-refractivity contribution in [3.05, 3.63) is 58.8 Å². The number of pyridine rings is 1. The number of carbonyl (C=O) groups is 3. The van der Waals surface area contributed by atoms with E-state index in [4.69, 9.17) is 0 Å². The lowest BCUT2D eigenvalue weighted by Gasteiger charge is -2.47. The number of nitrogens with one attached hydrogen (secondary N) is 2. The number of hydrogen-bond acceptors (Lipinski definition) is 5. The number of carbonyl (C=O) groups excluding carboxylic acids is 3. The molecule has 9 heteroatoms. The van der Waals surface area contributed by atoms with Crippen LogP contribution in [0.2, 0.25) is 0 Å². The number of anilines is 1. The standard InChI is InChI=1S/C24H28FN5O3/c1-15-11-16(2)19(26-12-15)29-9-10-30(23(3,4)14-29)20(31)17-5-7-18(8-6-17)24(13-25)21(32)27-22(33)28-24/h5-8,11-12H,9-10,13-14H2,1-4H3,(H2,27,28,32,33). The number of alkyl halides is 1. The molecule has 33 heavy (non-hydrogen) atoms. The molecule has 1 unspecified atom stereocenters. The van der Waals surface area contributed by atoms with E-state index >= 15 is 0 Å². The summed E-state index contributed by atoms with van der Waals surface area (Å²) < 4.78 is 13.8. The number of aromatic nitrogens is 1. The van der Waals surface area contributed by atoms with Gasteiger partial charge in [-0.25, -0.2) is 14.2 Å². The molecule has 2 N–H and O–H groups in total. The van der Waals surface area contributed by atoms with Crippen LogP contribution in [0, 0.1) is 13.8 Å². The van der Waals surface area contributed by atoms with Crippen molar-refractivity contribution in [1.29, 1.82) is 0 Å². The Balaban J connectivity index is 1.53. The second-order valence-electron chi connectivity index (χ2n) is 9.37. The first-order valence-corrected chi connectivity index (χ1v) is 10.9. The molecule has 8 nitrogen and oxygen atoms in total. The number of urea groups is 1. The van der Waals surface area contributed by atoms with Crippen LogP contribution in [0.25, 0.3) is 0 Å². The molecule has 2 saturated heterocycles. The van der Waals surface area contributed by atoms with Crippen molar-refractivity contribution < 1.29 is 18.8 Å². The molecule has 2 aromatic rings. The van der Waals surface area contributed by atoms with Crippen LogP contribution in [0.4, 0.5) is 15.0 Å². The van der Waals surface area contributed by atoms with Crippen LogP contribution in [-0.2, 0) is 10.3 Å². The highest BCUT2D eigenvalue weighted by Gasteiger charge is 2.48. The van der Waals surface area contributed by atoms with Gasteiger partial charge in [0, 0.05) is 31.4 Å². The summed E-state index contributed by atoms with van der Waals surface area (Å²) in [6.07, 6.45) is 1.85.